The van der Waals surface area contributed by atoms with Gasteiger partial charge in [-0.15, -0.1) is 0 Å². The van der Waals surface area contributed by atoms with E-state index in [-0.39, 0.29) is 5.69 Å². The predicted molar refractivity (Wildman–Crippen MR) is 109 cm³/mol. The summed E-state index contributed by atoms with van der Waals surface area (Å²) in [7, 11) is 0. The minimum absolute atomic E-state index is 0.0441. The number of nitro benzene ring substituents is 1. The second kappa shape index (κ2) is 8.22. The Morgan fingerprint density at radius 1 is 0.885 bits per heavy atom. The molecule has 0 atom stereocenters. The summed E-state index contributed by atoms with van der Waals surface area (Å²) in [5, 5.41) is 17.4. The monoisotopic (exact) mass is 363 g/mol. The number of para-hydroxylation sites is 1. The standard InChI is InChI=1S/C20H17N3O2S/c24-23(25)18-12-10-17(11-13-18)21-20(26)22-19-9-5-4-8-16(19)14-15-6-2-1-3-7-15/h1-13H,14H2,(H2,21,22,26). The fraction of sp³-hybridized carbons (Fsp3) is 0.0500. The highest BCUT2D eigenvalue weighted by molar-refractivity contribution is 7.80. The topological polar surface area (TPSA) is 67.2 Å². The lowest BCUT2D eigenvalue weighted by Gasteiger charge is -2.14. The van der Waals surface area contributed by atoms with Crippen LogP contribution in [0, 0.1) is 10.1 Å². The molecule has 6 heteroatoms. The van der Waals surface area contributed by atoms with Gasteiger partial charge in [0.05, 0.1) is 4.92 Å². The Bertz CT molecular complexity index is 912. The van der Waals surface area contributed by atoms with Crippen molar-refractivity contribution in [2.45, 2.75) is 6.42 Å². The van der Waals surface area contributed by atoms with Crippen molar-refractivity contribution in [2.75, 3.05) is 10.6 Å². The maximum atomic E-state index is 10.7. The molecular weight excluding hydrogens is 346 g/mol. The number of nitrogens with one attached hydrogen (secondary N) is 2. The van der Waals surface area contributed by atoms with Crippen LogP contribution in [0.4, 0.5) is 17.1 Å². The fourth-order valence-corrected chi connectivity index (χ4v) is 2.79. The lowest BCUT2D eigenvalue weighted by molar-refractivity contribution is -0.384. The van der Waals surface area contributed by atoms with E-state index in [1.165, 1.54) is 17.7 Å². The normalized spacial score (nSPS) is 10.2. The molecule has 0 fully saturated rings. The fourth-order valence-electron chi connectivity index (χ4n) is 2.56. The van der Waals surface area contributed by atoms with E-state index < -0.39 is 4.92 Å². The third-order valence-electron chi connectivity index (χ3n) is 3.84. The van der Waals surface area contributed by atoms with Crippen molar-refractivity contribution in [1.29, 1.82) is 0 Å². The Hall–Kier alpha value is -3.25. The first-order chi connectivity index (χ1) is 12.6. The number of hydrogen-bond acceptors (Lipinski definition) is 3. The first-order valence-corrected chi connectivity index (χ1v) is 8.47. The number of nitro groups is 1. The summed E-state index contributed by atoms with van der Waals surface area (Å²) in [4.78, 5) is 10.3. The van der Waals surface area contributed by atoms with Crippen LogP contribution in [0.3, 0.4) is 0 Å². The third-order valence-corrected chi connectivity index (χ3v) is 4.04. The highest BCUT2D eigenvalue weighted by atomic mass is 32.1. The van der Waals surface area contributed by atoms with Crippen LogP contribution >= 0.6 is 12.2 Å². The summed E-state index contributed by atoms with van der Waals surface area (Å²) in [5.74, 6) is 0. The summed E-state index contributed by atoms with van der Waals surface area (Å²) in [5.41, 5.74) is 4.01. The number of hydrogen-bond donors (Lipinski definition) is 2. The average Bonchev–Trinajstić information content (AvgIpc) is 2.64. The molecule has 0 radical (unpaired) electrons. The lowest BCUT2D eigenvalue weighted by Crippen LogP contribution is -2.20. The highest BCUT2D eigenvalue weighted by Crippen LogP contribution is 2.20. The van der Waals surface area contributed by atoms with Gasteiger partial charge in [-0.3, -0.25) is 10.1 Å². The van der Waals surface area contributed by atoms with Gasteiger partial charge >= 0.3 is 0 Å². The zero-order valence-electron chi connectivity index (χ0n) is 13.9. The third kappa shape index (κ3) is 4.64. The van der Waals surface area contributed by atoms with Gasteiger partial charge in [-0.2, -0.15) is 0 Å². The Morgan fingerprint density at radius 3 is 2.23 bits per heavy atom. The Kier molecular flexibility index (Phi) is 5.56. The van der Waals surface area contributed by atoms with Crippen LogP contribution in [0.5, 0.6) is 0 Å². The van der Waals surface area contributed by atoms with Gasteiger partial charge in [-0.05, 0) is 48.0 Å². The zero-order chi connectivity index (χ0) is 18.4. The van der Waals surface area contributed by atoms with Crippen molar-refractivity contribution in [3.63, 3.8) is 0 Å². The summed E-state index contributed by atoms with van der Waals surface area (Å²) in [6.45, 7) is 0. The van der Waals surface area contributed by atoms with Crippen molar-refractivity contribution in [3.8, 4) is 0 Å². The minimum atomic E-state index is -0.430. The largest absolute Gasteiger partial charge is 0.332 e. The Balaban J connectivity index is 1.68. The van der Waals surface area contributed by atoms with Crippen LogP contribution < -0.4 is 10.6 Å². The number of nitrogens with zero attached hydrogens (tertiary/aromatic N) is 1. The van der Waals surface area contributed by atoms with Crippen LogP contribution in [-0.2, 0) is 6.42 Å². The van der Waals surface area contributed by atoms with Gasteiger partial charge in [-0.1, -0.05) is 48.5 Å². The van der Waals surface area contributed by atoms with Gasteiger partial charge in [-0.25, -0.2) is 0 Å². The van der Waals surface area contributed by atoms with E-state index in [0.29, 0.717) is 10.8 Å². The molecule has 0 aliphatic heterocycles. The molecule has 3 aromatic rings. The summed E-state index contributed by atoms with van der Waals surface area (Å²) in [6, 6.07) is 24.3. The van der Waals surface area contributed by atoms with Crippen molar-refractivity contribution >= 4 is 34.4 Å². The Labute approximate surface area is 156 Å². The van der Waals surface area contributed by atoms with Gasteiger partial charge in [0.25, 0.3) is 5.69 Å². The molecule has 0 saturated carbocycles. The van der Waals surface area contributed by atoms with E-state index in [4.69, 9.17) is 12.2 Å². The molecular formula is C20H17N3O2S. The van der Waals surface area contributed by atoms with Crippen molar-refractivity contribution in [3.05, 3.63) is 100 Å². The molecule has 130 valence electrons. The van der Waals surface area contributed by atoms with E-state index in [1.54, 1.807) is 12.1 Å². The number of thiocarbonyl (C=S) groups is 1. The van der Waals surface area contributed by atoms with E-state index >= 15 is 0 Å². The number of rotatable bonds is 5. The van der Waals surface area contributed by atoms with Crippen LogP contribution in [0.1, 0.15) is 11.1 Å². The van der Waals surface area contributed by atoms with Crippen LogP contribution in [0.15, 0.2) is 78.9 Å². The predicted octanol–water partition coefficient (Wildman–Crippen LogP) is 4.99. The molecule has 0 aromatic heterocycles. The summed E-state index contributed by atoms with van der Waals surface area (Å²) in [6.07, 6.45) is 0.796. The maximum absolute atomic E-state index is 10.7. The van der Waals surface area contributed by atoms with Crippen LogP contribution in [0.25, 0.3) is 0 Å². The van der Waals surface area contributed by atoms with Gasteiger partial charge in [0.1, 0.15) is 0 Å². The molecule has 2 N–H and O–H groups in total. The molecule has 0 amide bonds. The van der Waals surface area contributed by atoms with Crippen molar-refractivity contribution in [1.82, 2.24) is 0 Å². The van der Waals surface area contributed by atoms with Gasteiger partial charge in [0, 0.05) is 23.5 Å². The molecule has 3 aromatic carbocycles. The summed E-state index contributed by atoms with van der Waals surface area (Å²) < 4.78 is 0. The first-order valence-electron chi connectivity index (χ1n) is 8.06. The van der Waals surface area contributed by atoms with Crippen LogP contribution in [0.2, 0.25) is 0 Å². The summed E-state index contributed by atoms with van der Waals surface area (Å²) >= 11 is 5.37. The molecule has 0 saturated heterocycles. The molecule has 5 nitrogen and oxygen atoms in total. The highest BCUT2D eigenvalue weighted by Gasteiger charge is 2.07. The molecule has 26 heavy (non-hydrogen) atoms. The first kappa shape index (κ1) is 17.6. The molecule has 0 unspecified atom stereocenters. The lowest BCUT2D eigenvalue weighted by atomic mass is 10.0. The molecule has 0 aliphatic rings. The van der Waals surface area contributed by atoms with Crippen molar-refractivity contribution < 1.29 is 4.92 Å². The van der Waals surface area contributed by atoms with Crippen LogP contribution in [-0.4, -0.2) is 10.0 Å². The maximum Gasteiger partial charge on any atom is 0.269 e. The second-order valence-electron chi connectivity index (χ2n) is 5.70. The SMILES string of the molecule is O=[N+]([O-])c1ccc(NC(=S)Nc2ccccc2Cc2ccccc2)cc1. The van der Waals surface area contributed by atoms with Gasteiger partial charge < -0.3 is 10.6 Å². The number of non-ortho nitro benzene ring substituents is 1. The smallest absolute Gasteiger partial charge is 0.269 e. The molecule has 3 rings (SSSR count). The minimum Gasteiger partial charge on any atom is -0.332 e. The number of anilines is 2. The zero-order valence-corrected chi connectivity index (χ0v) is 14.7. The van der Waals surface area contributed by atoms with Gasteiger partial charge in [0.15, 0.2) is 5.11 Å². The second-order valence-corrected chi connectivity index (χ2v) is 6.11. The van der Waals surface area contributed by atoms with Gasteiger partial charge in [0.2, 0.25) is 0 Å². The van der Waals surface area contributed by atoms with E-state index in [9.17, 15) is 10.1 Å². The van der Waals surface area contributed by atoms with Crippen molar-refractivity contribution in [2.24, 2.45) is 0 Å². The molecule has 0 spiro atoms. The molecule has 0 bridgehead atoms. The average molecular weight is 363 g/mol. The molecule has 0 aliphatic carbocycles. The van der Waals surface area contributed by atoms with E-state index in [2.05, 4.69) is 28.8 Å². The van der Waals surface area contributed by atoms with E-state index in [0.717, 1.165) is 17.7 Å². The Morgan fingerprint density at radius 2 is 1.54 bits per heavy atom. The number of benzene rings is 3. The quantitative estimate of drug-likeness (QED) is 0.379. The molecule has 0 heterocycles. The van der Waals surface area contributed by atoms with E-state index in [1.807, 2.05) is 36.4 Å².